The number of carbonyl (C=O) groups is 1. The molecule has 0 unspecified atom stereocenters. The van der Waals surface area contributed by atoms with Crippen molar-refractivity contribution in [2.24, 2.45) is 0 Å². The van der Waals surface area contributed by atoms with Gasteiger partial charge >= 0.3 is 0 Å². The molecule has 0 saturated heterocycles. The van der Waals surface area contributed by atoms with Crippen LogP contribution < -0.4 is 10.1 Å². The van der Waals surface area contributed by atoms with Crippen LogP contribution in [0.3, 0.4) is 0 Å². The summed E-state index contributed by atoms with van der Waals surface area (Å²) in [5.41, 5.74) is 3.67. The molecular formula is C27H25Cl2N3O2. The van der Waals surface area contributed by atoms with Crippen LogP contribution in [0.2, 0.25) is 10.0 Å². The average Bonchev–Trinajstić information content (AvgIpc) is 3.27. The predicted octanol–water partition coefficient (Wildman–Crippen LogP) is 7.19. The van der Waals surface area contributed by atoms with Crippen molar-refractivity contribution in [3.63, 3.8) is 0 Å². The highest BCUT2D eigenvalue weighted by Crippen LogP contribution is 2.23. The van der Waals surface area contributed by atoms with Crippen LogP contribution >= 0.6 is 23.2 Å². The summed E-state index contributed by atoms with van der Waals surface area (Å²) in [6, 6.07) is 22.7. The Hall–Kier alpha value is -3.28. The maximum atomic E-state index is 12.8. The maximum absolute atomic E-state index is 12.8. The summed E-state index contributed by atoms with van der Waals surface area (Å²) >= 11 is 12.1. The van der Waals surface area contributed by atoms with Crippen molar-refractivity contribution in [3.05, 3.63) is 111 Å². The number of nitrogens with one attached hydrogen (secondary N) is 1. The highest BCUT2D eigenvalue weighted by atomic mass is 35.5. The standard InChI is InChI=1S/C27H25Cl2N3O2/c1-18(2)21-7-9-23(10-8-21)34-17-20-4-3-5-22(14-20)27(33)30-26-12-13-32(31-26)16-19-6-11-24(28)25(29)15-19/h3-15,18H,16-17H2,1-2H3,(H,30,31,33). The van der Waals surface area contributed by atoms with Crippen molar-refractivity contribution in [2.75, 3.05) is 5.32 Å². The lowest BCUT2D eigenvalue weighted by molar-refractivity contribution is 0.102. The Morgan fingerprint density at radius 2 is 1.76 bits per heavy atom. The number of hydrogen-bond donors (Lipinski definition) is 1. The van der Waals surface area contributed by atoms with E-state index in [1.807, 2.05) is 36.4 Å². The molecule has 1 aromatic heterocycles. The van der Waals surface area contributed by atoms with Crippen LogP contribution in [0.15, 0.2) is 79.0 Å². The third-order valence-corrected chi connectivity index (χ3v) is 6.09. The number of halogens is 2. The van der Waals surface area contributed by atoms with E-state index in [4.69, 9.17) is 27.9 Å². The van der Waals surface area contributed by atoms with Crippen molar-refractivity contribution in [3.8, 4) is 5.75 Å². The van der Waals surface area contributed by atoms with Gasteiger partial charge in [0, 0.05) is 17.8 Å². The highest BCUT2D eigenvalue weighted by molar-refractivity contribution is 6.42. The second-order valence-electron chi connectivity index (χ2n) is 8.31. The number of anilines is 1. The molecule has 0 bridgehead atoms. The first-order valence-corrected chi connectivity index (χ1v) is 11.7. The van der Waals surface area contributed by atoms with Crippen molar-refractivity contribution >= 4 is 34.9 Å². The van der Waals surface area contributed by atoms with Gasteiger partial charge in [0.2, 0.25) is 0 Å². The highest BCUT2D eigenvalue weighted by Gasteiger charge is 2.10. The fraction of sp³-hybridized carbons (Fsp3) is 0.185. The molecule has 1 N–H and O–H groups in total. The molecule has 1 amide bonds. The summed E-state index contributed by atoms with van der Waals surface area (Å²) in [5, 5.41) is 8.27. The van der Waals surface area contributed by atoms with E-state index in [-0.39, 0.29) is 5.91 Å². The van der Waals surface area contributed by atoms with Gasteiger partial charge in [0.25, 0.3) is 5.91 Å². The van der Waals surface area contributed by atoms with Gasteiger partial charge in [-0.15, -0.1) is 0 Å². The van der Waals surface area contributed by atoms with E-state index in [9.17, 15) is 4.79 Å². The number of rotatable bonds is 8. The van der Waals surface area contributed by atoms with Crippen LogP contribution in [0.5, 0.6) is 5.75 Å². The van der Waals surface area contributed by atoms with Gasteiger partial charge in [0.15, 0.2) is 5.82 Å². The van der Waals surface area contributed by atoms with Crippen molar-refractivity contribution < 1.29 is 9.53 Å². The lowest BCUT2D eigenvalue weighted by Gasteiger charge is -2.10. The van der Waals surface area contributed by atoms with E-state index in [2.05, 4.69) is 36.4 Å². The van der Waals surface area contributed by atoms with Crippen molar-refractivity contribution in [1.29, 1.82) is 0 Å². The smallest absolute Gasteiger partial charge is 0.256 e. The van der Waals surface area contributed by atoms with Crippen LogP contribution in [-0.4, -0.2) is 15.7 Å². The van der Waals surface area contributed by atoms with Crippen LogP contribution in [0, 0.1) is 0 Å². The minimum atomic E-state index is -0.233. The molecule has 5 nitrogen and oxygen atoms in total. The molecular weight excluding hydrogens is 469 g/mol. The van der Waals surface area contributed by atoms with Gasteiger partial charge in [0.05, 0.1) is 16.6 Å². The van der Waals surface area contributed by atoms with Crippen LogP contribution in [-0.2, 0) is 13.2 Å². The van der Waals surface area contributed by atoms with E-state index >= 15 is 0 Å². The molecule has 0 fully saturated rings. The first kappa shape index (κ1) is 23.9. The summed E-state index contributed by atoms with van der Waals surface area (Å²) in [4.78, 5) is 12.8. The molecule has 0 aliphatic heterocycles. The number of amides is 1. The first-order chi connectivity index (χ1) is 16.4. The van der Waals surface area contributed by atoms with Crippen LogP contribution in [0.25, 0.3) is 0 Å². The Morgan fingerprint density at radius 1 is 0.971 bits per heavy atom. The topological polar surface area (TPSA) is 56.1 Å². The molecule has 4 rings (SSSR count). The summed E-state index contributed by atoms with van der Waals surface area (Å²) in [6.07, 6.45) is 1.80. The van der Waals surface area contributed by atoms with Gasteiger partial charge in [-0.25, -0.2) is 0 Å². The Balaban J connectivity index is 1.35. The monoisotopic (exact) mass is 493 g/mol. The quantitative estimate of drug-likeness (QED) is 0.282. The largest absolute Gasteiger partial charge is 0.489 e. The number of aromatic nitrogens is 2. The number of hydrogen-bond acceptors (Lipinski definition) is 3. The van der Waals surface area contributed by atoms with Crippen LogP contribution in [0.4, 0.5) is 5.82 Å². The molecule has 4 aromatic rings. The molecule has 1 heterocycles. The molecule has 34 heavy (non-hydrogen) atoms. The fourth-order valence-corrected chi connectivity index (χ4v) is 3.77. The maximum Gasteiger partial charge on any atom is 0.256 e. The molecule has 7 heteroatoms. The zero-order valence-electron chi connectivity index (χ0n) is 19.0. The number of ether oxygens (including phenoxy) is 1. The third kappa shape index (κ3) is 6.19. The number of nitrogens with zero attached hydrogens (tertiary/aromatic N) is 2. The second kappa shape index (κ2) is 10.8. The minimum absolute atomic E-state index is 0.233. The van der Waals surface area contributed by atoms with Gasteiger partial charge in [-0.3, -0.25) is 9.48 Å². The zero-order chi connectivity index (χ0) is 24.1. The third-order valence-electron chi connectivity index (χ3n) is 5.35. The van der Waals surface area contributed by atoms with Gasteiger partial charge in [-0.1, -0.05) is 67.4 Å². The van der Waals surface area contributed by atoms with Gasteiger partial charge in [0.1, 0.15) is 12.4 Å². The van der Waals surface area contributed by atoms with E-state index in [1.165, 1.54) is 5.56 Å². The molecule has 0 aliphatic rings. The van der Waals surface area contributed by atoms with Crippen LogP contribution in [0.1, 0.15) is 46.8 Å². The SMILES string of the molecule is CC(C)c1ccc(OCc2cccc(C(=O)Nc3ccn(Cc4ccc(Cl)c(Cl)c4)n3)c2)cc1. The Morgan fingerprint density at radius 3 is 2.50 bits per heavy atom. The van der Waals surface area contributed by atoms with E-state index < -0.39 is 0 Å². The van der Waals surface area contributed by atoms with Crippen molar-refractivity contribution in [1.82, 2.24) is 9.78 Å². The summed E-state index contributed by atoms with van der Waals surface area (Å²) in [7, 11) is 0. The Labute approximate surface area is 209 Å². The van der Waals surface area contributed by atoms with Gasteiger partial charge in [-0.05, 0) is 59.0 Å². The lowest BCUT2D eigenvalue weighted by Crippen LogP contribution is -2.13. The summed E-state index contributed by atoms with van der Waals surface area (Å²) < 4.78 is 7.62. The first-order valence-electron chi connectivity index (χ1n) is 11.0. The Bertz CT molecular complexity index is 1280. The van der Waals surface area contributed by atoms with Crippen molar-refractivity contribution in [2.45, 2.75) is 32.9 Å². The second-order valence-corrected chi connectivity index (χ2v) is 9.13. The van der Waals surface area contributed by atoms with Gasteiger partial charge in [-0.2, -0.15) is 5.10 Å². The summed E-state index contributed by atoms with van der Waals surface area (Å²) in [6.45, 7) is 5.21. The molecule has 0 saturated carbocycles. The molecule has 0 radical (unpaired) electrons. The minimum Gasteiger partial charge on any atom is -0.489 e. The average molecular weight is 494 g/mol. The molecule has 0 aliphatic carbocycles. The predicted molar refractivity (Wildman–Crippen MR) is 137 cm³/mol. The molecule has 3 aromatic carbocycles. The Kier molecular flexibility index (Phi) is 7.56. The summed E-state index contributed by atoms with van der Waals surface area (Å²) in [5.74, 6) is 1.51. The fourth-order valence-electron chi connectivity index (χ4n) is 3.45. The van der Waals surface area contributed by atoms with Gasteiger partial charge < -0.3 is 10.1 Å². The lowest BCUT2D eigenvalue weighted by atomic mass is 10.0. The number of carbonyl (C=O) groups excluding carboxylic acids is 1. The number of benzene rings is 3. The molecule has 174 valence electrons. The molecule has 0 atom stereocenters. The van der Waals surface area contributed by atoms with E-state index in [0.29, 0.717) is 40.5 Å². The normalized spacial score (nSPS) is 11.0. The zero-order valence-corrected chi connectivity index (χ0v) is 20.5. The van der Waals surface area contributed by atoms with E-state index in [0.717, 1.165) is 16.9 Å². The molecule has 0 spiro atoms. The van der Waals surface area contributed by atoms with E-state index in [1.54, 1.807) is 35.1 Å².